The van der Waals surface area contributed by atoms with Crippen LogP contribution in [0.25, 0.3) is 0 Å². The predicted octanol–water partition coefficient (Wildman–Crippen LogP) is 0.215. The molecular formula is C20H30O10. The molecule has 4 N–H and O–H groups in total. The van der Waals surface area contributed by atoms with Crippen LogP contribution in [0.5, 0.6) is 0 Å². The van der Waals surface area contributed by atoms with Crippen LogP contribution < -0.4 is 0 Å². The highest BCUT2D eigenvalue weighted by atomic mass is 16.6. The zero-order chi connectivity index (χ0) is 22.2. The first-order chi connectivity index (χ1) is 14.5. The summed E-state index contributed by atoms with van der Waals surface area (Å²) >= 11 is 0. The van der Waals surface area contributed by atoms with Crippen molar-refractivity contribution in [3.63, 3.8) is 0 Å². The topological polar surface area (TPSA) is 152 Å². The number of hydrogen-bond acceptors (Lipinski definition) is 10. The molecule has 0 bridgehead atoms. The molecule has 0 spiro atoms. The van der Waals surface area contributed by atoms with E-state index in [2.05, 4.69) is 0 Å². The largest absolute Gasteiger partial charge is 0.462 e. The van der Waals surface area contributed by atoms with Gasteiger partial charge in [-0.3, -0.25) is 0 Å². The van der Waals surface area contributed by atoms with Crippen molar-refractivity contribution in [3.05, 3.63) is 35.4 Å². The quantitative estimate of drug-likeness (QED) is 0.163. The molecule has 30 heavy (non-hydrogen) atoms. The van der Waals surface area contributed by atoms with Gasteiger partial charge in [0.1, 0.15) is 0 Å². The molecule has 0 saturated heterocycles. The first-order valence-electron chi connectivity index (χ1n) is 9.73. The number of aliphatic hydroxyl groups is 4. The Morgan fingerprint density at radius 3 is 1.40 bits per heavy atom. The number of hydrogen-bond donors (Lipinski definition) is 4. The SMILES string of the molecule is O=C(OCCCC(O)OCCO)c1ccc(C(=O)OCCCC(O)OCCO)cc1. The van der Waals surface area contributed by atoms with E-state index in [1.807, 2.05) is 0 Å². The Morgan fingerprint density at radius 1 is 0.700 bits per heavy atom. The van der Waals surface area contributed by atoms with Crippen molar-refractivity contribution < 1.29 is 49.0 Å². The second-order valence-electron chi connectivity index (χ2n) is 6.23. The second kappa shape index (κ2) is 15.7. The summed E-state index contributed by atoms with van der Waals surface area (Å²) in [5, 5.41) is 36.0. The molecule has 2 unspecified atom stereocenters. The van der Waals surface area contributed by atoms with Crippen LogP contribution in [0, 0.1) is 0 Å². The van der Waals surface area contributed by atoms with Crippen molar-refractivity contribution in [1.82, 2.24) is 0 Å². The van der Waals surface area contributed by atoms with Gasteiger partial charge in [-0.05, 0) is 37.1 Å². The van der Waals surface area contributed by atoms with Crippen LogP contribution in [-0.4, -0.2) is 84.6 Å². The summed E-state index contributed by atoms with van der Waals surface area (Å²) in [6.45, 7) is -0.0995. The number of carbonyl (C=O) groups is 2. The molecule has 0 fully saturated rings. The van der Waals surface area contributed by atoms with Crippen molar-refractivity contribution >= 4 is 11.9 Å². The van der Waals surface area contributed by atoms with Crippen LogP contribution in [0.2, 0.25) is 0 Å². The molecule has 0 heterocycles. The molecule has 0 saturated carbocycles. The Labute approximate surface area is 174 Å². The predicted molar refractivity (Wildman–Crippen MR) is 104 cm³/mol. The van der Waals surface area contributed by atoms with E-state index in [1.165, 1.54) is 24.3 Å². The van der Waals surface area contributed by atoms with Gasteiger partial charge in [-0.2, -0.15) is 0 Å². The average molecular weight is 430 g/mol. The summed E-state index contributed by atoms with van der Waals surface area (Å²) < 4.78 is 19.9. The summed E-state index contributed by atoms with van der Waals surface area (Å²) in [4.78, 5) is 24.0. The highest BCUT2D eigenvalue weighted by molar-refractivity contribution is 5.93. The maximum atomic E-state index is 12.0. The van der Waals surface area contributed by atoms with Gasteiger partial charge in [-0.1, -0.05) is 0 Å². The van der Waals surface area contributed by atoms with Crippen LogP contribution >= 0.6 is 0 Å². The normalized spacial score (nSPS) is 12.9. The number of rotatable bonds is 16. The minimum Gasteiger partial charge on any atom is -0.462 e. The lowest BCUT2D eigenvalue weighted by Crippen LogP contribution is -2.16. The number of esters is 2. The molecule has 0 aromatic heterocycles. The van der Waals surface area contributed by atoms with E-state index in [1.54, 1.807) is 0 Å². The standard InChI is InChI=1S/C20H30O10/c21-9-13-27-17(23)3-1-11-29-19(25)15-5-7-16(8-6-15)20(26)30-12-2-4-18(24)28-14-10-22/h5-8,17-18,21-24H,1-4,9-14H2. The molecule has 10 nitrogen and oxygen atoms in total. The third-order valence-electron chi connectivity index (χ3n) is 3.82. The molecule has 170 valence electrons. The maximum absolute atomic E-state index is 12.0. The van der Waals surface area contributed by atoms with E-state index in [-0.39, 0.29) is 63.6 Å². The Hall–Kier alpha value is -2.08. The minimum absolute atomic E-state index is 0.0384. The first-order valence-corrected chi connectivity index (χ1v) is 9.73. The lowest BCUT2D eigenvalue weighted by atomic mass is 10.1. The van der Waals surface area contributed by atoms with E-state index >= 15 is 0 Å². The molecule has 0 radical (unpaired) electrons. The van der Waals surface area contributed by atoms with Gasteiger partial charge in [0.05, 0.1) is 50.8 Å². The number of benzene rings is 1. The highest BCUT2D eigenvalue weighted by Crippen LogP contribution is 2.09. The molecule has 1 rings (SSSR count). The summed E-state index contributed by atoms with van der Waals surface area (Å²) in [6.07, 6.45) is -0.717. The summed E-state index contributed by atoms with van der Waals surface area (Å²) in [7, 11) is 0. The third-order valence-corrected chi connectivity index (χ3v) is 3.82. The zero-order valence-corrected chi connectivity index (χ0v) is 16.8. The fraction of sp³-hybridized carbons (Fsp3) is 0.600. The Kier molecular flexibility index (Phi) is 13.6. The Balaban J connectivity index is 2.27. The van der Waals surface area contributed by atoms with E-state index in [0.29, 0.717) is 12.8 Å². The number of aliphatic hydroxyl groups excluding tert-OH is 4. The zero-order valence-electron chi connectivity index (χ0n) is 16.8. The molecule has 2 atom stereocenters. The molecule has 10 heteroatoms. The first kappa shape index (κ1) is 26.0. The van der Waals surface area contributed by atoms with E-state index in [0.717, 1.165) is 0 Å². The van der Waals surface area contributed by atoms with E-state index in [4.69, 9.17) is 29.2 Å². The van der Waals surface area contributed by atoms with Crippen molar-refractivity contribution in [2.24, 2.45) is 0 Å². The molecule has 1 aromatic carbocycles. The van der Waals surface area contributed by atoms with Crippen LogP contribution in [-0.2, 0) is 18.9 Å². The number of ether oxygens (including phenoxy) is 4. The van der Waals surface area contributed by atoms with E-state index < -0.39 is 24.5 Å². The average Bonchev–Trinajstić information content (AvgIpc) is 2.76. The summed E-state index contributed by atoms with van der Waals surface area (Å²) in [5.41, 5.74) is 0.542. The third kappa shape index (κ3) is 11.2. The molecule has 0 aliphatic rings. The van der Waals surface area contributed by atoms with Gasteiger partial charge in [-0.25, -0.2) is 9.59 Å². The molecule has 0 amide bonds. The van der Waals surface area contributed by atoms with Gasteiger partial charge in [-0.15, -0.1) is 0 Å². The second-order valence-corrected chi connectivity index (χ2v) is 6.23. The molecule has 0 aliphatic heterocycles. The number of carbonyl (C=O) groups excluding carboxylic acids is 2. The molecule has 1 aromatic rings. The lowest BCUT2D eigenvalue weighted by Gasteiger charge is -2.11. The van der Waals surface area contributed by atoms with E-state index in [9.17, 15) is 19.8 Å². The van der Waals surface area contributed by atoms with Gasteiger partial charge >= 0.3 is 11.9 Å². The van der Waals surface area contributed by atoms with Crippen LogP contribution in [0.1, 0.15) is 46.4 Å². The van der Waals surface area contributed by atoms with Crippen molar-refractivity contribution in [1.29, 1.82) is 0 Å². The van der Waals surface area contributed by atoms with Crippen molar-refractivity contribution in [3.8, 4) is 0 Å². The van der Waals surface area contributed by atoms with Crippen molar-refractivity contribution in [2.75, 3.05) is 39.6 Å². The summed E-state index contributed by atoms with van der Waals surface area (Å²) in [5.74, 6) is -1.12. The van der Waals surface area contributed by atoms with Gasteiger partial charge in [0, 0.05) is 12.8 Å². The monoisotopic (exact) mass is 430 g/mol. The van der Waals surface area contributed by atoms with Crippen LogP contribution in [0.15, 0.2) is 24.3 Å². The van der Waals surface area contributed by atoms with Gasteiger partial charge in [0.25, 0.3) is 0 Å². The Morgan fingerprint density at radius 2 is 1.07 bits per heavy atom. The minimum atomic E-state index is -1.02. The lowest BCUT2D eigenvalue weighted by molar-refractivity contribution is -0.112. The smallest absolute Gasteiger partial charge is 0.338 e. The van der Waals surface area contributed by atoms with Crippen molar-refractivity contribution in [2.45, 2.75) is 38.3 Å². The molecule has 0 aliphatic carbocycles. The van der Waals surface area contributed by atoms with Crippen LogP contribution in [0.3, 0.4) is 0 Å². The molecular weight excluding hydrogens is 400 g/mol. The maximum Gasteiger partial charge on any atom is 0.338 e. The van der Waals surface area contributed by atoms with Crippen LogP contribution in [0.4, 0.5) is 0 Å². The van der Waals surface area contributed by atoms with Gasteiger partial charge < -0.3 is 39.4 Å². The highest BCUT2D eigenvalue weighted by Gasteiger charge is 2.12. The Bertz CT molecular complexity index is 551. The van der Waals surface area contributed by atoms with Gasteiger partial charge in [0.15, 0.2) is 12.6 Å². The fourth-order valence-corrected chi connectivity index (χ4v) is 2.30. The van der Waals surface area contributed by atoms with Gasteiger partial charge in [0.2, 0.25) is 0 Å². The summed E-state index contributed by atoms with van der Waals surface area (Å²) in [6, 6.07) is 5.80. The fourth-order valence-electron chi connectivity index (χ4n) is 2.30.